The van der Waals surface area contributed by atoms with Crippen LogP contribution in [0.3, 0.4) is 0 Å². The van der Waals surface area contributed by atoms with Crippen molar-refractivity contribution in [3.8, 4) is 11.4 Å². The van der Waals surface area contributed by atoms with Gasteiger partial charge in [0.1, 0.15) is 5.82 Å². The van der Waals surface area contributed by atoms with Crippen molar-refractivity contribution in [1.29, 1.82) is 0 Å². The molecule has 2 heterocycles. The Morgan fingerprint density at radius 3 is 2.89 bits per heavy atom. The van der Waals surface area contributed by atoms with Crippen molar-refractivity contribution in [2.24, 2.45) is 0 Å². The number of aromatic carboxylic acids is 1. The SMILES string of the molecule is O=C(O)c1ccc2nc(-c3cccnc3)[nH]c2c1. The Bertz CT molecular complexity index is 719. The molecule has 3 aromatic rings. The Balaban J connectivity index is 2.14. The van der Waals surface area contributed by atoms with Crippen LogP contribution in [0.5, 0.6) is 0 Å². The standard InChI is InChI=1S/C13H9N3O2/c17-13(18)8-3-4-10-11(6-8)16-12(15-10)9-2-1-5-14-7-9/h1-7H,(H,15,16)(H,17,18). The van der Waals surface area contributed by atoms with Gasteiger partial charge in [-0.3, -0.25) is 4.98 Å². The van der Waals surface area contributed by atoms with E-state index in [2.05, 4.69) is 15.0 Å². The lowest BCUT2D eigenvalue weighted by molar-refractivity contribution is 0.0697. The van der Waals surface area contributed by atoms with E-state index in [1.54, 1.807) is 30.6 Å². The van der Waals surface area contributed by atoms with Crippen LogP contribution < -0.4 is 0 Å². The zero-order chi connectivity index (χ0) is 12.5. The van der Waals surface area contributed by atoms with Gasteiger partial charge < -0.3 is 10.1 Å². The van der Waals surface area contributed by atoms with E-state index in [0.717, 1.165) is 11.1 Å². The summed E-state index contributed by atoms with van der Waals surface area (Å²) >= 11 is 0. The van der Waals surface area contributed by atoms with Gasteiger partial charge in [-0.1, -0.05) is 0 Å². The highest BCUT2D eigenvalue weighted by atomic mass is 16.4. The highest BCUT2D eigenvalue weighted by Crippen LogP contribution is 2.20. The molecule has 0 aliphatic carbocycles. The van der Waals surface area contributed by atoms with Gasteiger partial charge in [-0.25, -0.2) is 9.78 Å². The van der Waals surface area contributed by atoms with Crippen LogP contribution in [-0.4, -0.2) is 26.0 Å². The van der Waals surface area contributed by atoms with E-state index in [4.69, 9.17) is 5.11 Å². The summed E-state index contributed by atoms with van der Waals surface area (Å²) in [6.07, 6.45) is 3.39. The van der Waals surface area contributed by atoms with Crippen LogP contribution in [0.25, 0.3) is 22.4 Å². The molecule has 88 valence electrons. The van der Waals surface area contributed by atoms with Crippen molar-refractivity contribution < 1.29 is 9.90 Å². The number of nitrogens with one attached hydrogen (secondary N) is 1. The molecule has 0 atom stereocenters. The summed E-state index contributed by atoms with van der Waals surface area (Å²) in [7, 11) is 0. The summed E-state index contributed by atoms with van der Waals surface area (Å²) in [5, 5.41) is 8.92. The van der Waals surface area contributed by atoms with Gasteiger partial charge in [0.25, 0.3) is 0 Å². The number of aromatic nitrogens is 3. The molecular weight excluding hydrogens is 230 g/mol. The molecule has 2 aromatic heterocycles. The predicted molar refractivity (Wildman–Crippen MR) is 66.3 cm³/mol. The third-order valence-electron chi connectivity index (χ3n) is 2.66. The van der Waals surface area contributed by atoms with Gasteiger partial charge in [-0.2, -0.15) is 0 Å². The van der Waals surface area contributed by atoms with E-state index in [0.29, 0.717) is 11.3 Å². The molecule has 0 aliphatic rings. The number of carboxylic acid groups (broad SMARTS) is 1. The fourth-order valence-corrected chi connectivity index (χ4v) is 1.78. The molecule has 0 fully saturated rings. The minimum absolute atomic E-state index is 0.240. The van der Waals surface area contributed by atoms with Crippen molar-refractivity contribution in [2.45, 2.75) is 0 Å². The van der Waals surface area contributed by atoms with Crippen LogP contribution in [0.15, 0.2) is 42.7 Å². The number of H-pyrrole nitrogens is 1. The zero-order valence-electron chi connectivity index (χ0n) is 9.29. The number of rotatable bonds is 2. The van der Waals surface area contributed by atoms with E-state index >= 15 is 0 Å². The van der Waals surface area contributed by atoms with Crippen LogP contribution in [-0.2, 0) is 0 Å². The maximum absolute atomic E-state index is 10.9. The zero-order valence-corrected chi connectivity index (χ0v) is 9.29. The number of pyridine rings is 1. The predicted octanol–water partition coefficient (Wildman–Crippen LogP) is 2.32. The lowest BCUT2D eigenvalue weighted by Gasteiger charge is -1.93. The van der Waals surface area contributed by atoms with Crippen LogP contribution >= 0.6 is 0 Å². The molecule has 0 saturated heterocycles. The third-order valence-corrected chi connectivity index (χ3v) is 2.66. The molecule has 0 radical (unpaired) electrons. The van der Waals surface area contributed by atoms with E-state index < -0.39 is 5.97 Å². The van der Waals surface area contributed by atoms with Crippen molar-refractivity contribution in [3.05, 3.63) is 48.3 Å². The first-order valence-electron chi connectivity index (χ1n) is 5.37. The number of imidazole rings is 1. The molecule has 0 aliphatic heterocycles. The van der Waals surface area contributed by atoms with Crippen molar-refractivity contribution >= 4 is 17.0 Å². The molecule has 5 nitrogen and oxygen atoms in total. The maximum atomic E-state index is 10.9. The Morgan fingerprint density at radius 2 is 2.17 bits per heavy atom. The van der Waals surface area contributed by atoms with Crippen LogP contribution in [0.2, 0.25) is 0 Å². The molecule has 18 heavy (non-hydrogen) atoms. The van der Waals surface area contributed by atoms with Crippen LogP contribution in [0.1, 0.15) is 10.4 Å². The smallest absolute Gasteiger partial charge is 0.335 e. The number of aromatic amines is 1. The Hall–Kier alpha value is -2.69. The fourth-order valence-electron chi connectivity index (χ4n) is 1.78. The molecule has 5 heteroatoms. The third kappa shape index (κ3) is 1.71. The van der Waals surface area contributed by atoms with Gasteiger partial charge in [0, 0.05) is 18.0 Å². The summed E-state index contributed by atoms with van der Waals surface area (Å²) in [5.41, 5.74) is 2.54. The average Bonchev–Trinajstić information content (AvgIpc) is 2.82. The molecular formula is C13H9N3O2. The monoisotopic (exact) mass is 239 g/mol. The number of fused-ring (bicyclic) bond motifs is 1. The summed E-state index contributed by atoms with van der Waals surface area (Å²) in [6, 6.07) is 8.52. The lowest BCUT2D eigenvalue weighted by atomic mass is 10.2. The van der Waals surface area contributed by atoms with Crippen LogP contribution in [0, 0.1) is 0 Å². The summed E-state index contributed by atoms with van der Waals surface area (Å²) < 4.78 is 0. The van der Waals surface area contributed by atoms with E-state index in [9.17, 15) is 4.79 Å². The lowest BCUT2D eigenvalue weighted by Crippen LogP contribution is -1.94. The number of benzene rings is 1. The number of hydrogen-bond acceptors (Lipinski definition) is 3. The molecule has 0 bridgehead atoms. The van der Waals surface area contributed by atoms with Crippen molar-refractivity contribution in [2.75, 3.05) is 0 Å². The molecule has 0 unspecified atom stereocenters. The first-order valence-corrected chi connectivity index (χ1v) is 5.37. The number of nitrogens with zero attached hydrogens (tertiary/aromatic N) is 2. The van der Waals surface area contributed by atoms with Gasteiger partial charge in [0.05, 0.1) is 16.6 Å². The quantitative estimate of drug-likeness (QED) is 0.719. The topological polar surface area (TPSA) is 78.9 Å². The molecule has 0 spiro atoms. The van der Waals surface area contributed by atoms with E-state index in [1.807, 2.05) is 12.1 Å². The number of carbonyl (C=O) groups is 1. The second-order valence-electron chi connectivity index (χ2n) is 3.86. The second kappa shape index (κ2) is 3.96. The van der Waals surface area contributed by atoms with Gasteiger partial charge in [-0.15, -0.1) is 0 Å². The summed E-state index contributed by atoms with van der Waals surface area (Å²) in [4.78, 5) is 22.4. The Morgan fingerprint density at radius 1 is 1.28 bits per heavy atom. The molecule has 2 N–H and O–H groups in total. The average molecular weight is 239 g/mol. The van der Waals surface area contributed by atoms with Gasteiger partial charge >= 0.3 is 5.97 Å². The van der Waals surface area contributed by atoms with Gasteiger partial charge in [0.2, 0.25) is 0 Å². The highest BCUT2D eigenvalue weighted by Gasteiger charge is 2.08. The van der Waals surface area contributed by atoms with Crippen molar-refractivity contribution in [1.82, 2.24) is 15.0 Å². The summed E-state index contributed by atoms with van der Waals surface area (Å²) in [5.74, 6) is -0.268. The molecule has 3 rings (SSSR count). The number of carboxylic acids is 1. The van der Waals surface area contributed by atoms with E-state index in [-0.39, 0.29) is 5.56 Å². The Labute approximate surface area is 102 Å². The first-order chi connectivity index (χ1) is 8.74. The maximum Gasteiger partial charge on any atom is 0.335 e. The minimum atomic E-state index is -0.950. The minimum Gasteiger partial charge on any atom is -0.478 e. The highest BCUT2D eigenvalue weighted by molar-refractivity contribution is 5.92. The molecule has 0 saturated carbocycles. The van der Waals surface area contributed by atoms with Crippen molar-refractivity contribution in [3.63, 3.8) is 0 Å². The molecule has 0 amide bonds. The van der Waals surface area contributed by atoms with E-state index in [1.165, 1.54) is 0 Å². The van der Waals surface area contributed by atoms with Crippen LogP contribution in [0.4, 0.5) is 0 Å². The first kappa shape index (κ1) is 10.5. The molecule has 1 aromatic carbocycles. The second-order valence-corrected chi connectivity index (χ2v) is 3.86. The fraction of sp³-hybridized carbons (Fsp3) is 0. The normalized spacial score (nSPS) is 10.7. The Kier molecular flexibility index (Phi) is 2.30. The van der Waals surface area contributed by atoms with Gasteiger partial charge in [-0.05, 0) is 30.3 Å². The van der Waals surface area contributed by atoms with Gasteiger partial charge in [0.15, 0.2) is 0 Å². The number of hydrogen-bond donors (Lipinski definition) is 2. The summed E-state index contributed by atoms with van der Waals surface area (Å²) in [6.45, 7) is 0. The largest absolute Gasteiger partial charge is 0.478 e.